The molecular formula is C13H26O2. The zero-order valence-corrected chi connectivity index (χ0v) is 10.5. The Kier molecular flexibility index (Phi) is 5.07. The van der Waals surface area contributed by atoms with E-state index < -0.39 is 5.60 Å². The van der Waals surface area contributed by atoms with Crippen LogP contribution in [0.5, 0.6) is 0 Å². The van der Waals surface area contributed by atoms with Crippen LogP contribution in [0.2, 0.25) is 0 Å². The third kappa shape index (κ3) is 4.12. The third-order valence-corrected chi connectivity index (χ3v) is 3.47. The van der Waals surface area contributed by atoms with Gasteiger partial charge in [-0.1, -0.05) is 40.0 Å². The fourth-order valence-electron chi connectivity index (χ4n) is 2.30. The van der Waals surface area contributed by atoms with Crippen molar-refractivity contribution in [3.8, 4) is 0 Å². The van der Waals surface area contributed by atoms with E-state index in [2.05, 4.69) is 20.8 Å². The predicted molar refractivity (Wildman–Crippen MR) is 62.9 cm³/mol. The van der Waals surface area contributed by atoms with Gasteiger partial charge in [0.25, 0.3) is 0 Å². The first kappa shape index (κ1) is 13.0. The Balaban J connectivity index is 2.38. The minimum atomic E-state index is -0.442. The lowest BCUT2D eigenvalue weighted by Gasteiger charge is -2.38. The highest BCUT2D eigenvalue weighted by molar-refractivity contribution is 4.86. The predicted octanol–water partition coefficient (Wildman–Crippen LogP) is 3.13. The van der Waals surface area contributed by atoms with Crippen molar-refractivity contribution in [2.24, 2.45) is 5.92 Å². The highest BCUT2D eigenvalue weighted by Gasteiger charge is 2.35. The molecule has 1 heterocycles. The van der Waals surface area contributed by atoms with Crippen LogP contribution in [-0.2, 0) is 4.74 Å². The average molecular weight is 214 g/mol. The molecule has 1 fully saturated rings. The normalized spacial score (nSPS) is 32.2. The highest BCUT2D eigenvalue weighted by Crippen LogP contribution is 2.32. The molecule has 0 aromatic carbocycles. The summed E-state index contributed by atoms with van der Waals surface area (Å²) in [5, 5.41) is 10.4. The molecule has 2 unspecified atom stereocenters. The van der Waals surface area contributed by atoms with Crippen LogP contribution in [0.3, 0.4) is 0 Å². The van der Waals surface area contributed by atoms with Gasteiger partial charge < -0.3 is 9.84 Å². The first-order valence-corrected chi connectivity index (χ1v) is 6.41. The summed E-state index contributed by atoms with van der Waals surface area (Å²) >= 11 is 0. The average Bonchev–Trinajstić information content (AvgIpc) is 2.18. The largest absolute Gasteiger partial charge is 0.390 e. The van der Waals surface area contributed by atoms with Crippen molar-refractivity contribution in [1.29, 1.82) is 0 Å². The maximum absolute atomic E-state index is 10.4. The van der Waals surface area contributed by atoms with Gasteiger partial charge in [0.05, 0.1) is 11.7 Å². The lowest BCUT2D eigenvalue weighted by molar-refractivity contribution is -0.120. The number of aliphatic hydroxyl groups is 1. The molecule has 2 nitrogen and oxygen atoms in total. The Morgan fingerprint density at radius 2 is 2.13 bits per heavy atom. The van der Waals surface area contributed by atoms with Gasteiger partial charge in [-0.15, -0.1) is 0 Å². The van der Waals surface area contributed by atoms with Gasteiger partial charge in [0, 0.05) is 13.0 Å². The van der Waals surface area contributed by atoms with E-state index in [1.165, 1.54) is 12.8 Å². The van der Waals surface area contributed by atoms with Crippen LogP contribution in [0.1, 0.15) is 59.3 Å². The van der Waals surface area contributed by atoms with Gasteiger partial charge in [-0.05, 0) is 18.8 Å². The van der Waals surface area contributed by atoms with Crippen molar-refractivity contribution in [2.75, 3.05) is 6.61 Å². The SMILES string of the molecule is CCCCCC1(O)CCOC(C(C)C)C1. The molecule has 2 atom stereocenters. The number of unbranched alkanes of at least 4 members (excludes halogenated alkanes) is 2. The van der Waals surface area contributed by atoms with Crippen LogP contribution >= 0.6 is 0 Å². The summed E-state index contributed by atoms with van der Waals surface area (Å²) < 4.78 is 5.68. The third-order valence-electron chi connectivity index (χ3n) is 3.47. The molecule has 1 aliphatic heterocycles. The van der Waals surface area contributed by atoms with E-state index in [1.54, 1.807) is 0 Å². The van der Waals surface area contributed by atoms with Crippen molar-refractivity contribution < 1.29 is 9.84 Å². The van der Waals surface area contributed by atoms with E-state index in [-0.39, 0.29) is 6.10 Å². The Bertz CT molecular complexity index is 179. The Morgan fingerprint density at radius 1 is 1.40 bits per heavy atom. The first-order chi connectivity index (χ1) is 7.07. The number of hydrogen-bond acceptors (Lipinski definition) is 2. The molecule has 2 heteroatoms. The van der Waals surface area contributed by atoms with Gasteiger partial charge in [0.2, 0.25) is 0 Å². The molecule has 0 saturated carbocycles. The standard InChI is InChI=1S/C13H26O2/c1-4-5-6-7-13(14)8-9-15-12(10-13)11(2)3/h11-12,14H,4-10H2,1-3H3. The van der Waals surface area contributed by atoms with E-state index in [4.69, 9.17) is 4.74 Å². The smallest absolute Gasteiger partial charge is 0.0694 e. The lowest BCUT2D eigenvalue weighted by Crippen LogP contribution is -2.42. The number of rotatable bonds is 5. The van der Waals surface area contributed by atoms with Crippen LogP contribution in [0.25, 0.3) is 0 Å². The van der Waals surface area contributed by atoms with Crippen molar-refractivity contribution >= 4 is 0 Å². The fraction of sp³-hybridized carbons (Fsp3) is 1.00. The van der Waals surface area contributed by atoms with Crippen LogP contribution in [0.4, 0.5) is 0 Å². The van der Waals surface area contributed by atoms with E-state index in [0.717, 1.165) is 32.3 Å². The highest BCUT2D eigenvalue weighted by atomic mass is 16.5. The van der Waals surface area contributed by atoms with Crippen molar-refractivity contribution in [3.05, 3.63) is 0 Å². The Labute approximate surface area is 94.0 Å². The molecule has 1 N–H and O–H groups in total. The minimum absolute atomic E-state index is 0.255. The molecule has 0 bridgehead atoms. The van der Waals surface area contributed by atoms with Crippen molar-refractivity contribution in [3.63, 3.8) is 0 Å². The summed E-state index contributed by atoms with van der Waals surface area (Å²) in [5.74, 6) is 0.517. The van der Waals surface area contributed by atoms with E-state index >= 15 is 0 Å². The quantitative estimate of drug-likeness (QED) is 0.712. The molecule has 0 radical (unpaired) electrons. The first-order valence-electron chi connectivity index (χ1n) is 6.41. The lowest BCUT2D eigenvalue weighted by atomic mass is 9.82. The zero-order valence-electron chi connectivity index (χ0n) is 10.5. The summed E-state index contributed by atoms with van der Waals surface area (Å²) in [5.41, 5.74) is -0.442. The molecule has 0 amide bonds. The minimum Gasteiger partial charge on any atom is -0.390 e. The van der Waals surface area contributed by atoms with E-state index in [9.17, 15) is 5.11 Å². The van der Waals surface area contributed by atoms with E-state index in [1.807, 2.05) is 0 Å². The Morgan fingerprint density at radius 3 is 2.73 bits per heavy atom. The summed E-state index contributed by atoms with van der Waals surface area (Å²) in [6.07, 6.45) is 6.46. The molecule has 0 aromatic heterocycles. The maximum atomic E-state index is 10.4. The second kappa shape index (κ2) is 5.86. The Hall–Kier alpha value is -0.0800. The summed E-state index contributed by atoms with van der Waals surface area (Å²) in [4.78, 5) is 0. The van der Waals surface area contributed by atoms with Gasteiger partial charge in [-0.3, -0.25) is 0 Å². The molecule has 90 valence electrons. The number of ether oxygens (including phenoxy) is 1. The van der Waals surface area contributed by atoms with Crippen LogP contribution < -0.4 is 0 Å². The van der Waals surface area contributed by atoms with Crippen LogP contribution in [-0.4, -0.2) is 23.4 Å². The van der Waals surface area contributed by atoms with Crippen LogP contribution in [0.15, 0.2) is 0 Å². The van der Waals surface area contributed by atoms with Gasteiger partial charge in [-0.2, -0.15) is 0 Å². The molecule has 0 spiro atoms. The molecule has 1 saturated heterocycles. The molecule has 1 rings (SSSR count). The topological polar surface area (TPSA) is 29.5 Å². The summed E-state index contributed by atoms with van der Waals surface area (Å²) in [7, 11) is 0. The molecule has 15 heavy (non-hydrogen) atoms. The fourth-order valence-corrected chi connectivity index (χ4v) is 2.30. The van der Waals surface area contributed by atoms with Gasteiger partial charge in [0.15, 0.2) is 0 Å². The maximum Gasteiger partial charge on any atom is 0.0694 e. The summed E-state index contributed by atoms with van der Waals surface area (Å²) in [6.45, 7) is 7.27. The zero-order chi connectivity index (χ0) is 11.3. The van der Waals surface area contributed by atoms with Gasteiger partial charge in [-0.25, -0.2) is 0 Å². The van der Waals surface area contributed by atoms with Crippen molar-refractivity contribution in [1.82, 2.24) is 0 Å². The van der Waals surface area contributed by atoms with Gasteiger partial charge >= 0.3 is 0 Å². The molecule has 0 aliphatic carbocycles. The summed E-state index contributed by atoms with van der Waals surface area (Å²) in [6, 6.07) is 0. The van der Waals surface area contributed by atoms with E-state index in [0.29, 0.717) is 5.92 Å². The second-order valence-corrected chi connectivity index (χ2v) is 5.29. The second-order valence-electron chi connectivity index (χ2n) is 5.29. The van der Waals surface area contributed by atoms with Gasteiger partial charge in [0.1, 0.15) is 0 Å². The van der Waals surface area contributed by atoms with Crippen LogP contribution in [0, 0.1) is 5.92 Å². The van der Waals surface area contributed by atoms with Crippen molar-refractivity contribution in [2.45, 2.75) is 71.0 Å². The number of hydrogen-bond donors (Lipinski definition) is 1. The molecule has 1 aliphatic rings. The molecule has 0 aromatic rings. The molecular weight excluding hydrogens is 188 g/mol. The monoisotopic (exact) mass is 214 g/mol.